The molecular weight excluding hydrogens is 625 g/mol. The molecule has 0 spiro atoms. The molecule has 2 unspecified atom stereocenters. The lowest BCUT2D eigenvalue weighted by atomic mass is 10.0. The molecule has 13 heteroatoms. The highest BCUT2D eigenvalue weighted by molar-refractivity contribution is 5.95. The number of nitrogens with zero attached hydrogens (tertiary/aromatic N) is 1. The minimum atomic E-state index is -5.17. The van der Waals surface area contributed by atoms with Gasteiger partial charge in [0.2, 0.25) is 17.7 Å². The quantitative estimate of drug-likeness (QED) is 0.115. The number of halogens is 3. The molecule has 0 radical (unpaired) electrons. The van der Waals surface area contributed by atoms with Gasteiger partial charge in [0.25, 0.3) is 5.78 Å². The number of ketones is 1. The number of hydrogen-bond donors (Lipinski definition) is 5. The zero-order valence-corrected chi connectivity index (χ0v) is 28.8. The number of Topliss-reactive ketones (excluding diaryl/α,β-unsaturated/α-hetero) is 1. The number of allylic oxidation sites excluding steroid dienone is 4. The minimum Gasteiger partial charge on any atom is -0.361 e. The van der Waals surface area contributed by atoms with E-state index < -0.39 is 54.7 Å². The number of aromatic amines is 1. The van der Waals surface area contributed by atoms with Crippen LogP contribution in [0.1, 0.15) is 65.9 Å². The number of carbonyl (C=O) groups is 4. The summed E-state index contributed by atoms with van der Waals surface area (Å²) in [5.74, 6) is -4.18. The Balaban J connectivity index is 0. The average Bonchev–Trinajstić information content (AvgIpc) is 3.49. The van der Waals surface area contributed by atoms with Crippen molar-refractivity contribution in [2.45, 2.75) is 85.0 Å². The number of nitrogens with one attached hydrogen (secondary N) is 5. The van der Waals surface area contributed by atoms with E-state index in [1.807, 2.05) is 20.9 Å². The fourth-order valence-electron chi connectivity index (χ4n) is 4.01. The lowest BCUT2D eigenvalue weighted by Gasteiger charge is -2.21. The van der Waals surface area contributed by atoms with Gasteiger partial charge in [-0.05, 0) is 45.0 Å². The third kappa shape index (κ3) is 18.4. The number of benzene rings is 1. The number of amides is 3. The largest absolute Gasteiger partial charge is 0.452 e. The number of carbonyl (C=O) groups excluding carboxylic acids is 4. The molecule has 266 valence electrons. The molecule has 0 aliphatic heterocycles. The van der Waals surface area contributed by atoms with Crippen molar-refractivity contribution in [2.24, 2.45) is 0 Å². The predicted molar refractivity (Wildman–Crippen MR) is 185 cm³/mol. The van der Waals surface area contributed by atoms with Crippen LogP contribution >= 0.6 is 0 Å². The Hall–Kier alpha value is -4.70. The Kier molecular flexibility index (Phi) is 25.0. The van der Waals surface area contributed by atoms with Crippen LogP contribution in [-0.2, 0) is 25.6 Å². The van der Waals surface area contributed by atoms with Crippen LogP contribution in [0.2, 0.25) is 0 Å². The van der Waals surface area contributed by atoms with Crippen molar-refractivity contribution < 1.29 is 32.3 Å². The van der Waals surface area contributed by atoms with E-state index in [0.29, 0.717) is 16.5 Å². The summed E-state index contributed by atoms with van der Waals surface area (Å²) >= 11 is 0. The second-order valence-corrected chi connectivity index (χ2v) is 10.0. The van der Waals surface area contributed by atoms with Gasteiger partial charge in [-0.25, -0.2) is 5.26 Å². The summed E-state index contributed by atoms with van der Waals surface area (Å²) in [7, 11) is 1.98. The molecule has 48 heavy (non-hydrogen) atoms. The maximum absolute atomic E-state index is 13.3. The van der Waals surface area contributed by atoms with Crippen molar-refractivity contribution in [1.82, 2.24) is 26.3 Å². The predicted octanol–water partition coefficient (Wildman–Crippen LogP) is 5.59. The Morgan fingerprint density at radius 3 is 2.19 bits per heavy atom. The molecule has 2 atom stereocenters. The molecule has 1 aromatic heterocycles. The van der Waals surface area contributed by atoms with Gasteiger partial charge in [0.15, 0.2) is 0 Å². The number of unbranched alkanes of at least 4 members (excludes halogenated alkanes) is 1. The zero-order valence-electron chi connectivity index (χ0n) is 28.8. The maximum atomic E-state index is 13.3. The van der Waals surface area contributed by atoms with Gasteiger partial charge in [-0.2, -0.15) is 13.2 Å². The van der Waals surface area contributed by atoms with Crippen LogP contribution in [0.15, 0.2) is 66.9 Å². The molecule has 5 N–H and O–H groups in total. The van der Waals surface area contributed by atoms with Gasteiger partial charge in [-0.15, -0.1) is 0 Å². The van der Waals surface area contributed by atoms with Crippen molar-refractivity contribution in [3.8, 4) is 6.57 Å². The van der Waals surface area contributed by atoms with Gasteiger partial charge >= 0.3 is 6.18 Å². The van der Waals surface area contributed by atoms with E-state index >= 15 is 0 Å². The highest BCUT2D eigenvalue weighted by atomic mass is 19.4. The van der Waals surface area contributed by atoms with Crippen LogP contribution in [0.3, 0.4) is 0 Å². The second-order valence-electron chi connectivity index (χ2n) is 10.0. The molecule has 0 aliphatic rings. The molecule has 10 nitrogen and oxygen atoms in total. The summed E-state index contributed by atoms with van der Waals surface area (Å²) < 4.78 is 39.8. The highest BCUT2D eigenvalue weighted by Gasteiger charge is 2.44. The van der Waals surface area contributed by atoms with Gasteiger partial charge in [0, 0.05) is 36.5 Å². The van der Waals surface area contributed by atoms with Crippen LogP contribution in [0.4, 0.5) is 13.2 Å². The number of alkyl halides is 3. The van der Waals surface area contributed by atoms with Gasteiger partial charge in [0.1, 0.15) is 12.1 Å². The molecule has 0 fully saturated rings. The smallest absolute Gasteiger partial charge is 0.361 e. The van der Waals surface area contributed by atoms with Crippen LogP contribution in [-0.4, -0.2) is 66.9 Å². The van der Waals surface area contributed by atoms with Gasteiger partial charge in [0.05, 0.1) is 6.54 Å². The summed E-state index contributed by atoms with van der Waals surface area (Å²) in [4.78, 5) is 52.1. The Labute approximate surface area is 282 Å². The maximum Gasteiger partial charge on any atom is 0.452 e. The number of fused-ring (bicyclic) bond motifs is 1. The van der Waals surface area contributed by atoms with Crippen molar-refractivity contribution >= 4 is 34.4 Å². The first kappa shape index (κ1) is 45.4. The van der Waals surface area contributed by atoms with Crippen molar-refractivity contribution in [3.05, 3.63) is 72.5 Å². The third-order valence-corrected chi connectivity index (χ3v) is 6.36. The van der Waals surface area contributed by atoms with Crippen LogP contribution in [0.25, 0.3) is 10.9 Å². The fourth-order valence-corrected chi connectivity index (χ4v) is 4.01. The molecule has 3 amide bonds. The van der Waals surface area contributed by atoms with E-state index in [9.17, 15) is 32.3 Å². The molecular formula is C35H51F3N6O4. The van der Waals surface area contributed by atoms with E-state index in [4.69, 9.17) is 5.26 Å². The minimum absolute atomic E-state index is 0.123. The molecule has 0 saturated heterocycles. The third-order valence-electron chi connectivity index (χ3n) is 6.36. The number of rotatable bonds is 16. The molecule has 0 aliphatic carbocycles. The molecule has 2 rings (SSSR count). The van der Waals surface area contributed by atoms with Crippen LogP contribution < -0.4 is 21.3 Å². The van der Waals surface area contributed by atoms with Crippen molar-refractivity contribution in [1.29, 1.82) is 5.26 Å². The van der Waals surface area contributed by atoms with Crippen molar-refractivity contribution in [2.75, 3.05) is 20.1 Å². The Morgan fingerprint density at radius 1 is 1.02 bits per heavy atom. The Bertz CT molecular complexity index is 1340. The monoisotopic (exact) mass is 676 g/mol. The molecule has 0 bridgehead atoms. The fraction of sp³-hybridized carbons (Fsp3) is 0.457. The summed E-state index contributed by atoms with van der Waals surface area (Å²) in [6.07, 6.45) is 5.45. The molecule has 2 aromatic rings. The van der Waals surface area contributed by atoms with E-state index in [1.54, 1.807) is 62.4 Å². The van der Waals surface area contributed by atoms with Crippen molar-refractivity contribution in [3.63, 3.8) is 0 Å². The molecule has 1 heterocycles. The SMILES string of the molecule is C#N.C=C/C=C\C=C(/C)CC(NC(=O)CC)C(=O)NCC(=O)NC(Cc1c[nH]c2ccccc12)C(=O)C(F)(F)F.CC.CCCCNC. The first-order chi connectivity index (χ1) is 22.9. The summed E-state index contributed by atoms with van der Waals surface area (Å²) in [5, 5.41) is 17.2. The lowest BCUT2D eigenvalue weighted by molar-refractivity contribution is -0.173. The topological polar surface area (TPSA) is 156 Å². The number of para-hydroxylation sites is 1. The van der Waals surface area contributed by atoms with Gasteiger partial charge < -0.3 is 26.3 Å². The number of H-pyrrole nitrogens is 1. The normalized spacial score (nSPS) is 12.1. The summed E-state index contributed by atoms with van der Waals surface area (Å²) in [6.45, 7) is 17.1. The van der Waals surface area contributed by atoms with Crippen LogP contribution in [0.5, 0.6) is 0 Å². The zero-order chi connectivity index (χ0) is 37.1. The first-order valence-corrected chi connectivity index (χ1v) is 15.7. The standard InChI is InChI=1S/C27H31F3N4O4.C5H13N.C2H6.CHN/c1-4-6-7-10-17(3)13-22(34-23(35)5-2)26(38)32-16-24(36)33-21(25(37)27(28,29)30)14-18-15-31-20-12-9-8-11-19(18)20;1-3-4-5-6-2;2*1-2/h4,6-12,15,21-22,31H,1,5,13-14,16H2,2-3H3,(H,32,38)(H,33,36)(H,34,35);6H,3-5H2,1-2H3;1-2H3;1H/b7-6-,17-10+;;;. The van der Waals surface area contributed by atoms with E-state index in [0.717, 1.165) is 12.1 Å². The average molecular weight is 677 g/mol. The lowest BCUT2D eigenvalue weighted by Crippen LogP contribution is -2.52. The molecule has 1 aromatic carbocycles. The number of aromatic nitrogens is 1. The Morgan fingerprint density at radius 2 is 1.65 bits per heavy atom. The van der Waals surface area contributed by atoms with E-state index in [2.05, 4.69) is 46.3 Å². The molecule has 0 saturated carbocycles. The number of hydrogen-bond acceptors (Lipinski definition) is 6. The first-order valence-electron chi connectivity index (χ1n) is 15.7. The highest BCUT2D eigenvalue weighted by Crippen LogP contribution is 2.23. The van der Waals surface area contributed by atoms with Crippen LogP contribution in [0, 0.1) is 11.8 Å². The summed E-state index contributed by atoms with van der Waals surface area (Å²) in [6, 6.07) is 3.96. The van der Waals surface area contributed by atoms with E-state index in [-0.39, 0.29) is 12.8 Å². The van der Waals surface area contributed by atoms with Gasteiger partial charge in [-0.3, -0.25) is 19.2 Å². The number of nitriles is 1. The van der Waals surface area contributed by atoms with Gasteiger partial charge in [-0.1, -0.05) is 88.8 Å². The second kappa shape index (κ2) is 26.4. The summed E-state index contributed by atoms with van der Waals surface area (Å²) in [5.41, 5.74) is 1.84. The van der Waals surface area contributed by atoms with E-state index in [1.165, 1.54) is 19.0 Å².